The average molecular weight is 461 g/mol. The number of urea groups is 1. The number of imide groups is 1. The fraction of sp³-hybridized carbons (Fsp3) is 0.167. The Kier molecular flexibility index (Phi) is 5.77. The third-order valence-corrected chi connectivity index (χ3v) is 5.34. The van der Waals surface area contributed by atoms with E-state index < -0.39 is 29.9 Å². The topological polar surface area (TPSA) is 78.5 Å². The van der Waals surface area contributed by atoms with Crippen LogP contribution in [0.5, 0.6) is 0 Å². The predicted octanol–water partition coefficient (Wildman–Crippen LogP) is 4.71. The normalized spacial score (nSPS) is 19.0. The first kappa shape index (κ1) is 20.7. The highest BCUT2D eigenvalue weighted by molar-refractivity contribution is 6.42. The predicted molar refractivity (Wildman–Crippen MR) is 109 cm³/mol. The molecule has 28 heavy (non-hydrogen) atoms. The lowest BCUT2D eigenvalue weighted by atomic mass is 9.92. The standard InChI is InChI=1S/C18H13Cl4N3O3/c1-18(9-2-4-10(19)5-3-9)16(27)25(17(28)24-18)8-14(26)23-15-12(21)6-11(20)7-13(15)22/h2-7H,8H2,1H3,(H,23,26)(H,24,28)/t18-/m1/s1. The Morgan fingerprint density at radius 2 is 1.61 bits per heavy atom. The molecule has 2 aromatic rings. The summed E-state index contributed by atoms with van der Waals surface area (Å²) < 4.78 is 0. The van der Waals surface area contributed by atoms with Gasteiger partial charge >= 0.3 is 6.03 Å². The number of amides is 4. The Balaban J connectivity index is 1.78. The molecule has 0 aromatic heterocycles. The number of benzene rings is 2. The molecule has 4 amide bonds. The Labute approximate surface area is 180 Å². The molecule has 1 atom stereocenters. The van der Waals surface area contributed by atoms with Crippen molar-refractivity contribution in [1.29, 1.82) is 0 Å². The van der Waals surface area contributed by atoms with Gasteiger partial charge in [-0.15, -0.1) is 0 Å². The zero-order valence-electron chi connectivity index (χ0n) is 14.4. The molecule has 2 aromatic carbocycles. The second-order valence-electron chi connectivity index (χ2n) is 6.25. The van der Waals surface area contributed by atoms with Crippen LogP contribution in [-0.2, 0) is 15.1 Å². The van der Waals surface area contributed by atoms with Crippen molar-refractivity contribution in [3.63, 3.8) is 0 Å². The first-order chi connectivity index (χ1) is 13.1. The van der Waals surface area contributed by atoms with Crippen LogP contribution in [0.1, 0.15) is 12.5 Å². The lowest BCUT2D eigenvalue weighted by Gasteiger charge is -2.22. The molecular formula is C18H13Cl4N3O3. The number of carbonyl (C=O) groups is 3. The van der Waals surface area contributed by atoms with Crippen molar-refractivity contribution >= 4 is 69.9 Å². The highest BCUT2D eigenvalue weighted by Gasteiger charge is 2.49. The van der Waals surface area contributed by atoms with E-state index in [0.29, 0.717) is 15.6 Å². The van der Waals surface area contributed by atoms with E-state index >= 15 is 0 Å². The lowest BCUT2D eigenvalue weighted by molar-refractivity contribution is -0.133. The molecule has 0 aliphatic carbocycles. The summed E-state index contributed by atoms with van der Waals surface area (Å²) in [7, 11) is 0. The van der Waals surface area contributed by atoms with Crippen LogP contribution in [-0.4, -0.2) is 29.3 Å². The highest BCUT2D eigenvalue weighted by Crippen LogP contribution is 2.34. The van der Waals surface area contributed by atoms with Gasteiger partial charge in [0.15, 0.2) is 0 Å². The third kappa shape index (κ3) is 3.91. The van der Waals surface area contributed by atoms with Gasteiger partial charge < -0.3 is 10.6 Å². The van der Waals surface area contributed by atoms with Gasteiger partial charge in [-0.25, -0.2) is 4.79 Å². The van der Waals surface area contributed by atoms with Crippen molar-refractivity contribution in [3.8, 4) is 0 Å². The van der Waals surface area contributed by atoms with E-state index in [9.17, 15) is 14.4 Å². The molecule has 0 unspecified atom stereocenters. The molecule has 146 valence electrons. The van der Waals surface area contributed by atoms with Crippen molar-refractivity contribution in [2.75, 3.05) is 11.9 Å². The Morgan fingerprint density at radius 1 is 1.04 bits per heavy atom. The molecule has 6 nitrogen and oxygen atoms in total. The number of hydrogen-bond acceptors (Lipinski definition) is 3. The molecular weight excluding hydrogens is 448 g/mol. The van der Waals surface area contributed by atoms with Crippen molar-refractivity contribution in [3.05, 3.63) is 62.1 Å². The van der Waals surface area contributed by atoms with Crippen LogP contribution in [0.4, 0.5) is 10.5 Å². The summed E-state index contributed by atoms with van der Waals surface area (Å²) in [5, 5.41) is 6.18. The number of hydrogen-bond donors (Lipinski definition) is 2. The molecule has 1 fully saturated rings. The summed E-state index contributed by atoms with van der Waals surface area (Å²) in [6, 6.07) is 8.63. The first-order valence-corrected chi connectivity index (χ1v) is 9.47. The van der Waals surface area contributed by atoms with Gasteiger partial charge in [0, 0.05) is 10.0 Å². The first-order valence-electron chi connectivity index (χ1n) is 7.96. The van der Waals surface area contributed by atoms with Gasteiger partial charge in [0.05, 0.1) is 15.7 Å². The van der Waals surface area contributed by atoms with Crippen LogP contribution in [0.15, 0.2) is 36.4 Å². The Hall–Kier alpha value is -1.99. The van der Waals surface area contributed by atoms with Gasteiger partial charge in [-0.1, -0.05) is 58.5 Å². The highest BCUT2D eigenvalue weighted by atomic mass is 35.5. The number of anilines is 1. The van der Waals surface area contributed by atoms with E-state index in [0.717, 1.165) is 4.90 Å². The number of carbonyl (C=O) groups excluding carboxylic acids is 3. The number of nitrogens with zero attached hydrogens (tertiary/aromatic N) is 1. The van der Waals surface area contributed by atoms with E-state index in [1.54, 1.807) is 31.2 Å². The summed E-state index contributed by atoms with van der Waals surface area (Å²) in [6.07, 6.45) is 0. The summed E-state index contributed by atoms with van der Waals surface area (Å²) in [6.45, 7) is 1.05. The van der Waals surface area contributed by atoms with E-state index in [-0.39, 0.29) is 15.7 Å². The zero-order chi connectivity index (χ0) is 20.6. The van der Waals surface area contributed by atoms with Crippen LogP contribution in [0.25, 0.3) is 0 Å². The van der Waals surface area contributed by atoms with Crippen LogP contribution >= 0.6 is 46.4 Å². The van der Waals surface area contributed by atoms with Gasteiger partial charge in [0.1, 0.15) is 12.1 Å². The van der Waals surface area contributed by atoms with Crippen LogP contribution in [0, 0.1) is 0 Å². The van der Waals surface area contributed by atoms with Gasteiger partial charge in [-0.05, 0) is 36.8 Å². The summed E-state index contributed by atoms with van der Waals surface area (Å²) in [4.78, 5) is 38.4. The second-order valence-corrected chi connectivity index (χ2v) is 7.93. The molecule has 1 saturated heterocycles. The summed E-state index contributed by atoms with van der Waals surface area (Å²) >= 11 is 23.8. The minimum Gasteiger partial charge on any atom is -0.322 e. The maximum Gasteiger partial charge on any atom is 0.325 e. The van der Waals surface area contributed by atoms with Crippen LogP contribution < -0.4 is 10.6 Å². The van der Waals surface area contributed by atoms with Crippen LogP contribution in [0.2, 0.25) is 20.1 Å². The molecule has 3 rings (SSSR count). The Morgan fingerprint density at radius 3 is 2.18 bits per heavy atom. The van der Waals surface area contributed by atoms with Gasteiger partial charge in [-0.2, -0.15) is 0 Å². The van der Waals surface area contributed by atoms with Crippen LogP contribution in [0.3, 0.4) is 0 Å². The van der Waals surface area contributed by atoms with Crippen molar-refractivity contribution < 1.29 is 14.4 Å². The monoisotopic (exact) mass is 459 g/mol. The van der Waals surface area contributed by atoms with Crippen molar-refractivity contribution in [1.82, 2.24) is 10.2 Å². The number of rotatable bonds is 4. The molecule has 0 saturated carbocycles. The van der Waals surface area contributed by atoms with Gasteiger partial charge in [-0.3, -0.25) is 14.5 Å². The van der Waals surface area contributed by atoms with Crippen molar-refractivity contribution in [2.24, 2.45) is 0 Å². The number of nitrogens with one attached hydrogen (secondary N) is 2. The summed E-state index contributed by atoms with van der Waals surface area (Å²) in [5.41, 5.74) is -0.621. The zero-order valence-corrected chi connectivity index (χ0v) is 17.4. The van der Waals surface area contributed by atoms with Gasteiger partial charge in [0.2, 0.25) is 5.91 Å². The molecule has 0 bridgehead atoms. The molecule has 1 heterocycles. The summed E-state index contributed by atoms with van der Waals surface area (Å²) in [5.74, 6) is -1.21. The molecule has 2 N–H and O–H groups in total. The van der Waals surface area contributed by atoms with E-state index in [4.69, 9.17) is 46.4 Å². The molecule has 10 heteroatoms. The van der Waals surface area contributed by atoms with E-state index in [1.807, 2.05) is 0 Å². The molecule has 1 aliphatic heterocycles. The van der Waals surface area contributed by atoms with E-state index in [2.05, 4.69) is 10.6 Å². The van der Waals surface area contributed by atoms with Gasteiger partial charge in [0.25, 0.3) is 5.91 Å². The molecule has 0 spiro atoms. The maximum atomic E-state index is 12.8. The van der Waals surface area contributed by atoms with E-state index in [1.165, 1.54) is 12.1 Å². The largest absolute Gasteiger partial charge is 0.325 e. The lowest BCUT2D eigenvalue weighted by Crippen LogP contribution is -2.42. The minimum absolute atomic E-state index is 0.133. The maximum absolute atomic E-state index is 12.8. The number of halogens is 4. The quantitative estimate of drug-likeness (QED) is 0.648. The van der Waals surface area contributed by atoms with Crippen molar-refractivity contribution in [2.45, 2.75) is 12.5 Å². The fourth-order valence-electron chi connectivity index (χ4n) is 2.80. The SMILES string of the molecule is C[C@]1(c2ccc(Cl)cc2)NC(=O)N(CC(=O)Nc2c(Cl)cc(Cl)cc2Cl)C1=O. The Bertz CT molecular complexity index is 958. The fourth-order valence-corrected chi connectivity index (χ4v) is 3.84. The molecule has 0 radical (unpaired) electrons. The molecule has 1 aliphatic rings. The average Bonchev–Trinajstić information content (AvgIpc) is 2.83. The smallest absolute Gasteiger partial charge is 0.322 e. The minimum atomic E-state index is -1.31. The third-order valence-electron chi connectivity index (χ3n) is 4.27. The second kappa shape index (κ2) is 7.79.